The van der Waals surface area contributed by atoms with E-state index in [1.807, 2.05) is 30.3 Å². The normalized spacial score (nSPS) is 18.3. The van der Waals surface area contributed by atoms with Crippen LogP contribution < -0.4 is 9.46 Å². The summed E-state index contributed by atoms with van der Waals surface area (Å²) in [6.45, 7) is 0.311. The summed E-state index contributed by atoms with van der Waals surface area (Å²) in [6.07, 6.45) is 0.113. The van der Waals surface area contributed by atoms with E-state index in [-0.39, 0.29) is 10.6 Å². The number of thiophene rings is 1. The first kappa shape index (κ1) is 26.0. The Balaban J connectivity index is 1.34. The molecule has 6 nitrogen and oxygen atoms in total. The Morgan fingerprint density at radius 3 is 2.45 bits per heavy atom. The van der Waals surface area contributed by atoms with Crippen LogP contribution in [0.15, 0.2) is 95.2 Å². The fraction of sp³-hybridized carbons (Fsp3) is 0.138. The van der Waals surface area contributed by atoms with Gasteiger partial charge in [0.1, 0.15) is 22.1 Å². The molecule has 2 atom stereocenters. The number of aliphatic carboxylic acids is 1. The summed E-state index contributed by atoms with van der Waals surface area (Å²) in [5.41, 5.74) is 0.693. The van der Waals surface area contributed by atoms with E-state index >= 15 is 0 Å². The van der Waals surface area contributed by atoms with Crippen molar-refractivity contribution in [1.82, 2.24) is 4.72 Å². The van der Waals surface area contributed by atoms with E-state index in [2.05, 4.69) is 16.6 Å². The molecule has 5 rings (SSSR count). The number of carboxylic acids is 1. The van der Waals surface area contributed by atoms with Crippen LogP contribution in [-0.4, -0.2) is 25.0 Å². The summed E-state index contributed by atoms with van der Waals surface area (Å²) in [4.78, 5) is 12.9. The predicted octanol–water partition coefficient (Wildman–Crippen LogP) is 5.67. The van der Waals surface area contributed by atoms with Crippen molar-refractivity contribution < 1.29 is 23.1 Å². The number of hydrogen-bond acceptors (Lipinski definition) is 5. The van der Waals surface area contributed by atoms with Crippen LogP contribution >= 0.6 is 22.9 Å². The van der Waals surface area contributed by atoms with Gasteiger partial charge in [0.15, 0.2) is 0 Å². The number of rotatable bonds is 8. The Hall–Kier alpha value is -3.61. The van der Waals surface area contributed by atoms with E-state index in [1.165, 1.54) is 6.07 Å². The molecule has 192 valence electrons. The number of hydrogen-bond donors (Lipinski definition) is 2. The molecule has 0 aliphatic heterocycles. The largest absolute Gasteiger partial charge is 0.489 e. The molecule has 4 aromatic rings. The smallest absolute Gasteiger partial charge is 0.325 e. The molecular weight excluding hydrogens is 542 g/mol. The zero-order valence-corrected chi connectivity index (χ0v) is 22.3. The zero-order chi connectivity index (χ0) is 26.8. The molecule has 1 aliphatic rings. The SMILES string of the molecule is O=C(O)C1(NS(=O)(=O)c2ccc(C#Cc3ccc(Cl)cc3)s2)C[C@H]1c1ccccc1OCc1ccccc1. The molecule has 1 fully saturated rings. The number of para-hydroxylation sites is 1. The molecular formula is C29H22ClNO5S2. The molecule has 9 heteroatoms. The number of nitrogens with one attached hydrogen (secondary N) is 1. The maximum absolute atomic E-state index is 13.2. The molecule has 1 unspecified atom stereocenters. The monoisotopic (exact) mass is 563 g/mol. The number of sulfonamides is 1. The minimum absolute atomic E-state index is 0.00204. The molecule has 0 radical (unpaired) electrons. The maximum Gasteiger partial charge on any atom is 0.325 e. The second-order valence-corrected chi connectivity index (χ2v) is 12.3. The lowest BCUT2D eigenvalue weighted by Gasteiger charge is -2.17. The molecule has 1 heterocycles. The first-order valence-corrected chi connectivity index (χ1v) is 14.3. The van der Waals surface area contributed by atoms with E-state index in [0.29, 0.717) is 27.8 Å². The summed E-state index contributed by atoms with van der Waals surface area (Å²) < 4.78 is 34.9. The number of halogens is 1. The lowest BCUT2D eigenvalue weighted by molar-refractivity contribution is -0.140. The number of benzene rings is 3. The molecule has 0 amide bonds. The molecule has 1 aromatic heterocycles. The summed E-state index contributed by atoms with van der Waals surface area (Å²) in [7, 11) is -4.12. The molecule has 0 spiro atoms. The number of carboxylic acid groups (broad SMARTS) is 1. The second-order valence-electron chi connectivity index (χ2n) is 8.83. The van der Waals surface area contributed by atoms with E-state index in [1.54, 1.807) is 54.6 Å². The van der Waals surface area contributed by atoms with Crippen LogP contribution in [0, 0.1) is 11.8 Å². The highest BCUT2D eigenvalue weighted by Crippen LogP contribution is 2.55. The standard InChI is InChI=1S/C29H22ClNO5S2/c30-22-13-10-20(11-14-22)12-15-23-16-17-27(37-23)38(34,35)31-29(28(32)33)18-25(29)24-8-4-5-9-26(24)36-19-21-6-2-1-3-7-21/h1-11,13-14,16-17,25,31H,18-19H2,(H,32,33)/t25-,29?/m0/s1. The molecule has 1 aliphatic carbocycles. The van der Waals surface area contributed by atoms with Crippen LogP contribution in [-0.2, 0) is 21.4 Å². The van der Waals surface area contributed by atoms with Gasteiger partial charge >= 0.3 is 5.97 Å². The van der Waals surface area contributed by atoms with Gasteiger partial charge in [-0.2, -0.15) is 4.72 Å². The molecule has 3 aromatic carbocycles. The molecule has 0 saturated heterocycles. The summed E-state index contributed by atoms with van der Waals surface area (Å²) in [6, 6.07) is 26.8. The second kappa shape index (κ2) is 10.6. The summed E-state index contributed by atoms with van der Waals surface area (Å²) in [5, 5.41) is 10.7. The quantitative estimate of drug-likeness (QED) is 0.269. The van der Waals surface area contributed by atoms with Gasteiger partial charge in [-0.3, -0.25) is 4.79 Å². The van der Waals surface area contributed by atoms with Gasteiger partial charge in [0, 0.05) is 16.5 Å². The van der Waals surface area contributed by atoms with Crippen molar-refractivity contribution in [2.24, 2.45) is 0 Å². The van der Waals surface area contributed by atoms with Gasteiger partial charge in [-0.1, -0.05) is 72.0 Å². The van der Waals surface area contributed by atoms with Crippen LogP contribution in [0.2, 0.25) is 5.02 Å². The number of carbonyl (C=O) groups is 1. The van der Waals surface area contributed by atoms with Crippen molar-refractivity contribution in [3.05, 3.63) is 118 Å². The lowest BCUT2D eigenvalue weighted by atomic mass is 10.1. The van der Waals surface area contributed by atoms with E-state index in [4.69, 9.17) is 16.3 Å². The average molecular weight is 564 g/mol. The van der Waals surface area contributed by atoms with Crippen LogP contribution in [0.5, 0.6) is 5.75 Å². The van der Waals surface area contributed by atoms with Gasteiger partial charge in [0.25, 0.3) is 10.0 Å². The molecule has 38 heavy (non-hydrogen) atoms. The fourth-order valence-corrected chi connectivity index (χ4v) is 6.85. The van der Waals surface area contributed by atoms with Crippen molar-refractivity contribution in [2.45, 2.75) is 28.7 Å². The van der Waals surface area contributed by atoms with Gasteiger partial charge in [0.2, 0.25) is 0 Å². The van der Waals surface area contributed by atoms with Gasteiger partial charge in [0.05, 0.1) is 4.88 Å². The zero-order valence-electron chi connectivity index (χ0n) is 19.9. The first-order chi connectivity index (χ1) is 18.3. The van der Waals surface area contributed by atoms with Crippen molar-refractivity contribution in [2.75, 3.05) is 0 Å². The van der Waals surface area contributed by atoms with E-state index in [0.717, 1.165) is 22.5 Å². The third-order valence-corrected chi connectivity index (χ3v) is 9.47. The number of ether oxygens (including phenoxy) is 1. The third kappa shape index (κ3) is 5.62. The molecule has 2 N–H and O–H groups in total. The lowest BCUT2D eigenvalue weighted by Crippen LogP contribution is -2.44. The summed E-state index contributed by atoms with van der Waals surface area (Å²) in [5.74, 6) is 4.63. The highest BCUT2D eigenvalue weighted by atomic mass is 35.5. The molecule has 1 saturated carbocycles. The van der Waals surface area contributed by atoms with E-state index < -0.39 is 27.4 Å². The Morgan fingerprint density at radius 2 is 1.71 bits per heavy atom. The Kier molecular flexibility index (Phi) is 7.28. The minimum atomic E-state index is -4.12. The van der Waals surface area contributed by atoms with Crippen molar-refractivity contribution in [3.8, 4) is 17.6 Å². The van der Waals surface area contributed by atoms with Crippen molar-refractivity contribution in [1.29, 1.82) is 0 Å². The van der Waals surface area contributed by atoms with Gasteiger partial charge in [-0.05, 0) is 60.0 Å². The highest BCUT2D eigenvalue weighted by molar-refractivity contribution is 7.91. The Bertz CT molecular complexity index is 1640. The van der Waals surface area contributed by atoms with Crippen molar-refractivity contribution in [3.63, 3.8) is 0 Å². The Morgan fingerprint density at radius 1 is 1.00 bits per heavy atom. The van der Waals surface area contributed by atoms with E-state index in [9.17, 15) is 18.3 Å². The van der Waals surface area contributed by atoms with Gasteiger partial charge in [-0.25, -0.2) is 8.42 Å². The van der Waals surface area contributed by atoms with Gasteiger partial charge in [-0.15, -0.1) is 11.3 Å². The average Bonchev–Trinajstić information content (AvgIpc) is 3.41. The third-order valence-electron chi connectivity index (χ3n) is 6.21. The first-order valence-electron chi connectivity index (χ1n) is 11.7. The fourth-order valence-electron chi connectivity index (χ4n) is 4.16. The molecule has 0 bridgehead atoms. The highest BCUT2D eigenvalue weighted by Gasteiger charge is 2.64. The van der Waals surface area contributed by atoms with Gasteiger partial charge < -0.3 is 9.84 Å². The van der Waals surface area contributed by atoms with Crippen LogP contribution in [0.4, 0.5) is 0 Å². The maximum atomic E-state index is 13.2. The minimum Gasteiger partial charge on any atom is -0.489 e. The summed E-state index contributed by atoms with van der Waals surface area (Å²) >= 11 is 6.87. The van der Waals surface area contributed by atoms with Crippen LogP contribution in [0.1, 0.15) is 33.9 Å². The Labute approximate surface area is 229 Å². The van der Waals surface area contributed by atoms with Crippen LogP contribution in [0.3, 0.4) is 0 Å². The van der Waals surface area contributed by atoms with Crippen molar-refractivity contribution >= 4 is 38.9 Å². The topological polar surface area (TPSA) is 92.7 Å². The predicted molar refractivity (Wildman–Crippen MR) is 147 cm³/mol. The van der Waals surface area contributed by atoms with Crippen LogP contribution in [0.25, 0.3) is 0 Å².